The van der Waals surface area contributed by atoms with E-state index in [-0.39, 0.29) is 11.5 Å². The minimum atomic E-state index is -5.62. The molecular weight excluding hydrogens is 282 g/mol. The lowest BCUT2D eigenvalue weighted by molar-refractivity contribution is -0.300. The summed E-state index contributed by atoms with van der Waals surface area (Å²) in [6, 6.07) is 0. The number of nitrogens with one attached hydrogen (secondary N) is 1. The maximum absolute atomic E-state index is 12.3. The van der Waals surface area contributed by atoms with Gasteiger partial charge in [0.1, 0.15) is 0 Å². The average molecular weight is 290 g/mol. The van der Waals surface area contributed by atoms with Gasteiger partial charge in [-0.1, -0.05) is 0 Å². The molecule has 108 valence electrons. The minimum Gasteiger partial charge on any atom is -0.454 e. The van der Waals surface area contributed by atoms with Gasteiger partial charge in [-0.2, -0.15) is 31.3 Å². The van der Waals surface area contributed by atoms with Crippen molar-refractivity contribution < 1.29 is 31.1 Å². The second-order valence-electron chi connectivity index (χ2n) is 3.41. The van der Waals surface area contributed by atoms with E-state index in [0.717, 1.165) is 6.20 Å². The number of nitrogens with zero attached hydrogens (tertiary/aromatic N) is 2. The smallest absolute Gasteiger partial charge is 0.434 e. The van der Waals surface area contributed by atoms with Gasteiger partial charge in [0.15, 0.2) is 0 Å². The number of ether oxygens (including phenoxy) is 1. The molecule has 0 atom stereocenters. The van der Waals surface area contributed by atoms with E-state index in [4.69, 9.17) is 5.84 Å². The summed E-state index contributed by atoms with van der Waals surface area (Å²) < 4.78 is 77.6. The topological polar surface area (TPSA) is 73.1 Å². The molecule has 1 aromatic heterocycles. The number of hydrogen-bond acceptors (Lipinski definition) is 5. The Labute approximate surface area is 102 Å². The Bertz CT molecular complexity index is 432. The van der Waals surface area contributed by atoms with Crippen LogP contribution in [0.25, 0.3) is 0 Å². The molecule has 1 rings (SSSR count). The molecule has 1 aromatic rings. The van der Waals surface area contributed by atoms with Gasteiger partial charge >= 0.3 is 12.4 Å². The zero-order valence-corrected chi connectivity index (χ0v) is 9.30. The Morgan fingerprint density at radius 2 is 1.74 bits per heavy atom. The normalized spacial score (nSPS) is 12.7. The highest BCUT2D eigenvalue weighted by Gasteiger charge is 2.59. The fourth-order valence-electron chi connectivity index (χ4n) is 1.05. The molecule has 0 fully saturated rings. The van der Waals surface area contributed by atoms with Crippen LogP contribution in [0, 0.1) is 6.92 Å². The van der Waals surface area contributed by atoms with E-state index in [2.05, 4.69) is 14.7 Å². The summed E-state index contributed by atoms with van der Waals surface area (Å²) in [6.45, 7) is 1.19. The van der Waals surface area contributed by atoms with Crippen molar-refractivity contribution in [3.63, 3.8) is 0 Å². The molecule has 11 heteroatoms. The third-order valence-corrected chi connectivity index (χ3v) is 1.88. The largest absolute Gasteiger partial charge is 0.454 e. The molecule has 0 saturated carbocycles. The fourth-order valence-corrected chi connectivity index (χ4v) is 1.05. The number of nitrogens with two attached hydrogens (primary N) is 1. The number of aromatic nitrogens is 2. The Kier molecular flexibility index (Phi) is 4.08. The third-order valence-electron chi connectivity index (χ3n) is 1.88. The molecule has 0 spiro atoms. The van der Waals surface area contributed by atoms with Crippen molar-refractivity contribution in [1.82, 2.24) is 9.97 Å². The van der Waals surface area contributed by atoms with E-state index in [1.807, 2.05) is 5.43 Å². The van der Waals surface area contributed by atoms with Crippen LogP contribution in [0.1, 0.15) is 5.56 Å². The van der Waals surface area contributed by atoms with Crippen LogP contribution in [0.3, 0.4) is 0 Å². The molecule has 0 aromatic carbocycles. The highest BCUT2D eigenvalue weighted by molar-refractivity contribution is 5.31. The van der Waals surface area contributed by atoms with Crippen LogP contribution in [-0.2, 0) is 0 Å². The first-order valence-electron chi connectivity index (χ1n) is 4.66. The summed E-state index contributed by atoms with van der Waals surface area (Å²) in [7, 11) is 0. The predicted octanol–water partition coefficient (Wildman–Crippen LogP) is 1.94. The summed E-state index contributed by atoms with van der Waals surface area (Å²) in [5, 5.41) is 0. The SMILES string of the molecule is Cc1cnc(NN)nc1OC(C(F)(F)F)C(F)(F)F. The van der Waals surface area contributed by atoms with Gasteiger partial charge in [0.25, 0.3) is 6.10 Å². The quantitative estimate of drug-likeness (QED) is 0.505. The first kappa shape index (κ1) is 15.3. The molecule has 19 heavy (non-hydrogen) atoms. The zero-order chi connectivity index (χ0) is 14.8. The van der Waals surface area contributed by atoms with Crippen molar-refractivity contribution in [3.05, 3.63) is 11.8 Å². The fraction of sp³-hybridized carbons (Fsp3) is 0.500. The van der Waals surface area contributed by atoms with Crippen molar-refractivity contribution in [1.29, 1.82) is 0 Å². The van der Waals surface area contributed by atoms with Crippen LogP contribution in [-0.4, -0.2) is 28.4 Å². The van der Waals surface area contributed by atoms with E-state index in [1.165, 1.54) is 6.92 Å². The second-order valence-corrected chi connectivity index (χ2v) is 3.41. The first-order valence-corrected chi connectivity index (χ1v) is 4.66. The monoisotopic (exact) mass is 290 g/mol. The molecule has 0 radical (unpaired) electrons. The molecule has 0 amide bonds. The molecule has 0 unspecified atom stereocenters. The summed E-state index contributed by atoms with van der Waals surface area (Å²) >= 11 is 0. The van der Waals surface area contributed by atoms with Gasteiger partial charge < -0.3 is 4.74 Å². The summed E-state index contributed by atoms with van der Waals surface area (Å²) in [4.78, 5) is 6.79. The molecule has 5 nitrogen and oxygen atoms in total. The number of hydrogen-bond donors (Lipinski definition) is 2. The zero-order valence-electron chi connectivity index (χ0n) is 9.30. The maximum Gasteiger partial charge on any atom is 0.434 e. The van der Waals surface area contributed by atoms with Crippen LogP contribution in [0.15, 0.2) is 6.20 Å². The Morgan fingerprint density at radius 1 is 1.21 bits per heavy atom. The van der Waals surface area contributed by atoms with Crippen LogP contribution in [0.4, 0.5) is 32.3 Å². The van der Waals surface area contributed by atoms with Crippen molar-refractivity contribution in [2.45, 2.75) is 25.4 Å². The van der Waals surface area contributed by atoms with Crippen molar-refractivity contribution in [3.8, 4) is 5.88 Å². The van der Waals surface area contributed by atoms with Crippen LogP contribution >= 0.6 is 0 Å². The van der Waals surface area contributed by atoms with Crippen LogP contribution < -0.4 is 16.0 Å². The average Bonchev–Trinajstić information content (AvgIpc) is 2.24. The molecular formula is C8H8F6N4O. The number of halogens is 6. The Balaban J connectivity index is 3.10. The lowest BCUT2D eigenvalue weighted by Crippen LogP contribution is -2.46. The summed E-state index contributed by atoms with van der Waals surface area (Å²) in [5.41, 5.74) is 1.78. The number of alkyl halides is 6. The van der Waals surface area contributed by atoms with E-state index < -0.39 is 24.3 Å². The van der Waals surface area contributed by atoms with Gasteiger partial charge in [-0.15, -0.1) is 0 Å². The highest BCUT2D eigenvalue weighted by Crippen LogP contribution is 2.36. The maximum atomic E-state index is 12.3. The van der Waals surface area contributed by atoms with Crippen molar-refractivity contribution in [2.24, 2.45) is 5.84 Å². The van der Waals surface area contributed by atoms with Crippen molar-refractivity contribution in [2.75, 3.05) is 5.43 Å². The number of nitrogen functional groups attached to an aromatic ring is 1. The third kappa shape index (κ3) is 3.84. The lowest BCUT2D eigenvalue weighted by atomic mass is 10.3. The molecule has 0 bridgehead atoms. The van der Waals surface area contributed by atoms with Crippen LogP contribution in [0.5, 0.6) is 5.88 Å². The number of anilines is 1. The number of hydrazine groups is 1. The van der Waals surface area contributed by atoms with E-state index in [9.17, 15) is 26.3 Å². The second kappa shape index (κ2) is 5.07. The standard InChI is InChI=1S/C8H8F6N4O/c1-3-2-16-6(18-15)17-4(3)19-5(7(9,10)11)8(12,13)14/h2,5H,15H2,1H3,(H,16,17,18). The Hall–Kier alpha value is -1.78. The molecule has 0 aliphatic heterocycles. The van der Waals surface area contributed by atoms with Gasteiger partial charge in [0.2, 0.25) is 11.8 Å². The molecule has 1 heterocycles. The van der Waals surface area contributed by atoms with Gasteiger partial charge in [0, 0.05) is 11.8 Å². The van der Waals surface area contributed by atoms with Crippen LogP contribution in [0.2, 0.25) is 0 Å². The summed E-state index contributed by atoms with van der Waals surface area (Å²) in [5.74, 6) is 3.67. The lowest BCUT2D eigenvalue weighted by Gasteiger charge is -2.23. The molecule has 0 aliphatic carbocycles. The van der Waals surface area contributed by atoms with Gasteiger partial charge in [-0.05, 0) is 6.92 Å². The summed E-state index contributed by atoms with van der Waals surface area (Å²) in [6.07, 6.45) is -14.2. The first-order chi connectivity index (χ1) is 8.55. The van der Waals surface area contributed by atoms with E-state index in [1.54, 1.807) is 0 Å². The Morgan fingerprint density at radius 3 is 2.16 bits per heavy atom. The molecule has 3 N–H and O–H groups in total. The van der Waals surface area contributed by atoms with E-state index >= 15 is 0 Å². The molecule has 0 saturated heterocycles. The predicted molar refractivity (Wildman–Crippen MR) is 51.1 cm³/mol. The highest BCUT2D eigenvalue weighted by atomic mass is 19.4. The number of rotatable bonds is 3. The van der Waals surface area contributed by atoms with Gasteiger partial charge in [0.05, 0.1) is 0 Å². The minimum absolute atomic E-state index is 0.0995. The van der Waals surface area contributed by atoms with Gasteiger partial charge in [-0.25, -0.2) is 10.8 Å². The van der Waals surface area contributed by atoms with E-state index in [0.29, 0.717) is 0 Å². The molecule has 0 aliphatic rings. The van der Waals surface area contributed by atoms with Crippen molar-refractivity contribution >= 4 is 5.95 Å². The number of aryl methyl sites for hydroxylation is 1. The van der Waals surface area contributed by atoms with Gasteiger partial charge in [-0.3, -0.25) is 5.43 Å².